The van der Waals surface area contributed by atoms with Crippen molar-refractivity contribution in [2.75, 3.05) is 13.1 Å². The van der Waals surface area contributed by atoms with Crippen LogP contribution in [0.1, 0.15) is 24.4 Å². The van der Waals surface area contributed by atoms with Crippen molar-refractivity contribution in [1.29, 1.82) is 0 Å². The molecular formula is C14H17ClN4O2S. The van der Waals surface area contributed by atoms with Crippen LogP contribution in [0, 0.1) is 0 Å². The number of nitrogens with zero attached hydrogens (tertiary/aromatic N) is 4. The summed E-state index contributed by atoms with van der Waals surface area (Å²) in [5.41, 5.74) is 0.641. The second-order valence-electron chi connectivity index (χ2n) is 5.36. The van der Waals surface area contributed by atoms with Crippen molar-refractivity contribution in [1.82, 2.24) is 19.3 Å². The number of halogens is 1. The predicted octanol–water partition coefficient (Wildman–Crippen LogP) is 2.10. The van der Waals surface area contributed by atoms with Crippen molar-refractivity contribution >= 4 is 21.6 Å². The third kappa shape index (κ3) is 3.31. The SMILES string of the molecule is O=S(=O)(Cc1ccccc1Cl)N1CCC(n2ccnn2)CC1. The van der Waals surface area contributed by atoms with Gasteiger partial charge in [-0.2, -0.15) is 0 Å². The first-order valence-electron chi connectivity index (χ1n) is 7.13. The standard InChI is InChI=1S/C14H17ClN4O2S/c15-14-4-2-1-3-12(14)11-22(20,21)18-8-5-13(6-9-18)19-10-7-16-17-19/h1-4,7,10,13H,5-6,8-9,11H2. The highest BCUT2D eigenvalue weighted by Crippen LogP contribution is 2.26. The fourth-order valence-electron chi connectivity index (χ4n) is 2.70. The zero-order chi connectivity index (χ0) is 15.6. The molecule has 1 aromatic carbocycles. The Labute approximate surface area is 134 Å². The van der Waals surface area contributed by atoms with Crippen LogP contribution in [0.5, 0.6) is 0 Å². The van der Waals surface area contributed by atoms with Gasteiger partial charge in [0, 0.05) is 24.3 Å². The molecule has 1 aliphatic heterocycles. The van der Waals surface area contributed by atoms with Crippen LogP contribution < -0.4 is 0 Å². The minimum Gasteiger partial charge on any atom is -0.249 e. The molecule has 22 heavy (non-hydrogen) atoms. The van der Waals surface area contributed by atoms with Gasteiger partial charge < -0.3 is 0 Å². The van der Waals surface area contributed by atoms with E-state index < -0.39 is 10.0 Å². The Balaban J connectivity index is 1.66. The monoisotopic (exact) mass is 340 g/mol. The number of benzene rings is 1. The van der Waals surface area contributed by atoms with Crippen LogP contribution in [0.25, 0.3) is 0 Å². The van der Waals surface area contributed by atoms with Crippen LogP contribution >= 0.6 is 11.6 Å². The van der Waals surface area contributed by atoms with E-state index in [1.54, 1.807) is 39.4 Å². The molecule has 1 saturated heterocycles. The van der Waals surface area contributed by atoms with Crippen molar-refractivity contribution < 1.29 is 8.42 Å². The summed E-state index contributed by atoms with van der Waals surface area (Å²) < 4.78 is 28.4. The summed E-state index contributed by atoms with van der Waals surface area (Å²) in [6.07, 6.45) is 4.94. The van der Waals surface area contributed by atoms with E-state index in [4.69, 9.17) is 11.6 Å². The van der Waals surface area contributed by atoms with Gasteiger partial charge in [0.2, 0.25) is 10.0 Å². The number of aromatic nitrogens is 3. The second-order valence-corrected chi connectivity index (χ2v) is 7.74. The summed E-state index contributed by atoms with van der Waals surface area (Å²) in [7, 11) is -3.35. The number of hydrogen-bond donors (Lipinski definition) is 0. The fraction of sp³-hybridized carbons (Fsp3) is 0.429. The summed E-state index contributed by atoms with van der Waals surface area (Å²) in [4.78, 5) is 0. The molecule has 0 N–H and O–H groups in total. The lowest BCUT2D eigenvalue weighted by molar-refractivity contribution is 0.258. The largest absolute Gasteiger partial charge is 0.249 e. The molecule has 2 heterocycles. The average molecular weight is 341 g/mol. The summed E-state index contributed by atoms with van der Waals surface area (Å²) in [5, 5.41) is 8.27. The van der Waals surface area contributed by atoms with Crippen molar-refractivity contribution in [3.8, 4) is 0 Å². The van der Waals surface area contributed by atoms with Crippen LogP contribution in [0.3, 0.4) is 0 Å². The third-order valence-corrected chi connectivity index (χ3v) is 6.12. The molecule has 0 atom stereocenters. The van der Waals surface area contributed by atoms with Gasteiger partial charge in [0.25, 0.3) is 0 Å². The van der Waals surface area contributed by atoms with Crippen LogP contribution in [-0.2, 0) is 15.8 Å². The smallest absolute Gasteiger partial charge is 0.218 e. The van der Waals surface area contributed by atoms with Crippen LogP contribution in [0.4, 0.5) is 0 Å². The summed E-state index contributed by atoms with van der Waals surface area (Å²) in [6.45, 7) is 0.995. The first kappa shape index (κ1) is 15.5. The molecule has 0 amide bonds. The number of hydrogen-bond acceptors (Lipinski definition) is 4. The van der Waals surface area contributed by atoms with E-state index in [1.807, 2.05) is 6.20 Å². The maximum absolute atomic E-state index is 12.5. The Kier molecular flexibility index (Phi) is 4.46. The molecule has 1 aliphatic rings. The Hall–Kier alpha value is -1.44. The van der Waals surface area contributed by atoms with Gasteiger partial charge in [0.15, 0.2) is 0 Å². The summed E-state index contributed by atoms with van der Waals surface area (Å²) >= 11 is 6.06. The molecule has 1 aromatic heterocycles. The van der Waals surface area contributed by atoms with E-state index in [9.17, 15) is 8.42 Å². The third-order valence-electron chi connectivity index (χ3n) is 3.93. The highest BCUT2D eigenvalue weighted by Gasteiger charge is 2.29. The quantitative estimate of drug-likeness (QED) is 0.854. The number of piperidine rings is 1. The topological polar surface area (TPSA) is 68.1 Å². The molecule has 3 rings (SSSR count). The lowest BCUT2D eigenvalue weighted by atomic mass is 10.1. The Bertz CT molecular complexity index is 725. The average Bonchev–Trinajstić information content (AvgIpc) is 3.04. The number of rotatable bonds is 4. The van der Waals surface area contributed by atoms with Gasteiger partial charge in [-0.25, -0.2) is 17.4 Å². The molecule has 2 aromatic rings. The van der Waals surface area contributed by atoms with Gasteiger partial charge in [-0.3, -0.25) is 0 Å². The molecule has 0 saturated carbocycles. The summed E-state index contributed by atoms with van der Waals surface area (Å²) in [6, 6.07) is 7.27. The van der Waals surface area contributed by atoms with Crippen molar-refractivity contribution in [2.24, 2.45) is 0 Å². The fourth-order valence-corrected chi connectivity index (χ4v) is 4.58. The van der Waals surface area contributed by atoms with Crippen molar-refractivity contribution in [3.05, 3.63) is 47.2 Å². The van der Waals surface area contributed by atoms with Gasteiger partial charge in [0.1, 0.15) is 0 Å². The number of sulfonamides is 1. The minimum absolute atomic E-state index is 0.0549. The molecule has 8 heteroatoms. The Morgan fingerprint density at radius 1 is 1.23 bits per heavy atom. The molecule has 6 nitrogen and oxygen atoms in total. The first-order chi connectivity index (χ1) is 10.6. The zero-order valence-corrected chi connectivity index (χ0v) is 13.5. The van der Waals surface area contributed by atoms with Gasteiger partial charge in [-0.1, -0.05) is 35.0 Å². The van der Waals surface area contributed by atoms with Gasteiger partial charge >= 0.3 is 0 Å². The van der Waals surface area contributed by atoms with E-state index in [0.29, 0.717) is 23.7 Å². The van der Waals surface area contributed by atoms with E-state index in [0.717, 1.165) is 12.8 Å². The first-order valence-corrected chi connectivity index (χ1v) is 9.12. The van der Waals surface area contributed by atoms with Gasteiger partial charge in [-0.15, -0.1) is 5.10 Å². The molecular weight excluding hydrogens is 324 g/mol. The van der Waals surface area contributed by atoms with E-state index in [2.05, 4.69) is 10.3 Å². The van der Waals surface area contributed by atoms with E-state index in [1.165, 1.54) is 0 Å². The van der Waals surface area contributed by atoms with Crippen LogP contribution in [0.15, 0.2) is 36.7 Å². The summed E-state index contributed by atoms with van der Waals surface area (Å²) in [5.74, 6) is -0.0549. The maximum Gasteiger partial charge on any atom is 0.218 e. The lowest BCUT2D eigenvalue weighted by Crippen LogP contribution is -2.39. The zero-order valence-electron chi connectivity index (χ0n) is 12.0. The van der Waals surface area contributed by atoms with Crippen LogP contribution in [0.2, 0.25) is 5.02 Å². The molecule has 0 unspecified atom stereocenters. The Morgan fingerprint density at radius 2 is 1.95 bits per heavy atom. The van der Waals surface area contributed by atoms with Crippen molar-refractivity contribution in [3.63, 3.8) is 0 Å². The molecule has 0 bridgehead atoms. The van der Waals surface area contributed by atoms with Gasteiger partial charge in [0.05, 0.1) is 18.0 Å². The normalized spacial score (nSPS) is 17.7. The molecule has 118 valence electrons. The second kappa shape index (κ2) is 6.36. The van der Waals surface area contributed by atoms with Gasteiger partial charge in [-0.05, 0) is 24.5 Å². The van der Waals surface area contributed by atoms with Crippen molar-refractivity contribution in [2.45, 2.75) is 24.6 Å². The molecule has 1 fully saturated rings. The molecule has 0 spiro atoms. The molecule has 0 aliphatic carbocycles. The predicted molar refractivity (Wildman–Crippen MR) is 83.9 cm³/mol. The van der Waals surface area contributed by atoms with Crippen LogP contribution in [-0.4, -0.2) is 40.8 Å². The van der Waals surface area contributed by atoms with E-state index >= 15 is 0 Å². The van der Waals surface area contributed by atoms with E-state index in [-0.39, 0.29) is 11.8 Å². The highest BCUT2D eigenvalue weighted by molar-refractivity contribution is 7.88. The minimum atomic E-state index is -3.35. The maximum atomic E-state index is 12.5. The lowest BCUT2D eigenvalue weighted by Gasteiger charge is -2.31. The Morgan fingerprint density at radius 3 is 2.59 bits per heavy atom. The highest BCUT2D eigenvalue weighted by atomic mass is 35.5. The molecule has 0 radical (unpaired) electrons.